The van der Waals surface area contributed by atoms with Crippen molar-refractivity contribution in [3.8, 4) is 0 Å². The molecule has 0 aliphatic carbocycles. The Hall–Kier alpha value is -3.26. The molecule has 1 saturated heterocycles. The molecule has 31 heavy (non-hydrogen) atoms. The lowest BCUT2D eigenvalue weighted by molar-refractivity contribution is 0.311. The fraction of sp³-hybridized carbons (Fsp3) is 0.391. The summed E-state index contributed by atoms with van der Waals surface area (Å²) in [5.74, 6) is 2.65. The fourth-order valence-electron chi connectivity index (χ4n) is 3.44. The molecule has 1 N–H and O–H groups in total. The monoisotopic (exact) mass is 418 g/mol. The topological polar surface area (TPSA) is 72.8 Å². The molecular formula is C23H30N8. The Labute approximate surface area is 184 Å². The number of amidine groups is 1. The molecule has 2 aliphatic rings. The Morgan fingerprint density at radius 1 is 0.968 bits per heavy atom. The molecule has 0 saturated carbocycles. The second-order valence-electron chi connectivity index (χ2n) is 8.24. The molecule has 1 fully saturated rings. The number of nitrogens with one attached hydrogen (secondary N) is 1. The van der Waals surface area contributed by atoms with E-state index in [0.29, 0.717) is 24.3 Å². The highest BCUT2D eigenvalue weighted by Gasteiger charge is 2.18. The van der Waals surface area contributed by atoms with Crippen molar-refractivity contribution in [2.45, 2.75) is 6.92 Å². The molecule has 0 amide bonds. The van der Waals surface area contributed by atoms with E-state index >= 15 is 0 Å². The maximum Gasteiger partial charge on any atom is 0.233 e. The third kappa shape index (κ3) is 5.46. The smallest absolute Gasteiger partial charge is 0.233 e. The minimum Gasteiger partial charge on any atom is -0.378 e. The minimum absolute atomic E-state index is 0.524. The zero-order valence-electron chi connectivity index (χ0n) is 18.7. The van der Waals surface area contributed by atoms with Crippen LogP contribution in [0, 0.1) is 0 Å². The van der Waals surface area contributed by atoms with Gasteiger partial charge in [0, 0.05) is 46.0 Å². The van der Waals surface area contributed by atoms with Crippen molar-refractivity contribution in [1.29, 1.82) is 0 Å². The van der Waals surface area contributed by atoms with E-state index in [9.17, 15) is 0 Å². The van der Waals surface area contributed by atoms with Gasteiger partial charge in [-0.25, -0.2) is 0 Å². The molecule has 1 aromatic carbocycles. The van der Waals surface area contributed by atoms with Gasteiger partial charge in [0.2, 0.25) is 11.9 Å². The zero-order valence-corrected chi connectivity index (χ0v) is 18.7. The summed E-state index contributed by atoms with van der Waals surface area (Å²) < 4.78 is 0. The summed E-state index contributed by atoms with van der Waals surface area (Å²) in [5, 5.41) is 3.25. The van der Waals surface area contributed by atoms with E-state index in [1.807, 2.05) is 32.3 Å². The lowest BCUT2D eigenvalue weighted by atomic mass is 10.2. The molecule has 8 heteroatoms. The molecule has 3 heterocycles. The van der Waals surface area contributed by atoms with Gasteiger partial charge >= 0.3 is 0 Å². The van der Waals surface area contributed by atoms with Crippen LogP contribution in [0.2, 0.25) is 0 Å². The SMILES string of the molecule is CC1=CC(Nc2nc(/C=C/c3ccc(N(C)C)cc3)nc(N3CCN(C)CC3)n2)=NC1. The van der Waals surface area contributed by atoms with Gasteiger partial charge < -0.3 is 20.0 Å². The lowest BCUT2D eigenvalue weighted by Crippen LogP contribution is -2.45. The number of anilines is 3. The van der Waals surface area contributed by atoms with Crippen molar-refractivity contribution in [1.82, 2.24) is 19.9 Å². The third-order valence-corrected chi connectivity index (χ3v) is 5.38. The second-order valence-corrected chi connectivity index (χ2v) is 8.24. The first kappa shape index (κ1) is 21.0. The molecule has 0 unspecified atom stereocenters. The quantitative estimate of drug-likeness (QED) is 0.800. The van der Waals surface area contributed by atoms with Crippen LogP contribution in [-0.4, -0.2) is 79.6 Å². The highest BCUT2D eigenvalue weighted by Crippen LogP contribution is 2.17. The summed E-state index contributed by atoms with van der Waals surface area (Å²) in [6.07, 6.45) is 6.00. The summed E-state index contributed by atoms with van der Waals surface area (Å²) >= 11 is 0. The number of nitrogens with zero attached hydrogens (tertiary/aromatic N) is 7. The summed E-state index contributed by atoms with van der Waals surface area (Å²) in [6, 6.07) is 8.38. The molecular weight excluding hydrogens is 388 g/mol. The average Bonchev–Trinajstić information content (AvgIpc) is 3.17. The molecule has 8 nitrogen and oxygen atoms in total. The molecule has 0 atom stereocenters. The number of aromatic nitrogens is 3. The summed E-state index contributed by atoms with van der Waals surface area (Å²) in [7, 11) is 6.21. The Kier molecular flexibility index (Phi) is 6.27. The van der Waals surface area contributed by atoms with Crippen LogP contribution in [0.3, 0.4) is 0 Å². The number of aliphatic imine (C=N–C) groups is 1. The van der Waals surface area contributed by atoms with Crippen molar-refractivity contribution in [2.75, 3.05) is 69.0 Å². The highest BCUT2D eigenvalue weighted by atomic mass is 15.3. The van der Waals surface area contributed by atoms with Crippen molar-refractivity contribution in [3.63, 3.8) is 0 Å². The van der Waals surface area contributed by atoms with Gasteiger partial charge in [-0.05, 0) is 49.4 Å². The fourth-order valence-corrected chi connectivity index (χ4v) is 3.44. The molecule has 2 aromatic rings. The lowest BCUT2D eigenvalue weighted by Gasteiger charge is -2.32. The van der Waals surface area contributed by atoms with Crippen LogP contribution in [0.15, 0.2) is 40.9 Å². The first-order valence-corrected chi connectivity index (χ1v) is 10.6. The van der Waals surface area contributed by atoms with E-state index in [2.05, 4.69) is 73.2 Å². The van der Waals surface area contributed by atoms with Gasteiger partial charge in [-0.1, -0.05) is 18.2 Å². The Morgan fingerprint density at radius 3 is 2.35 bits per heavy atom. The summed E-state index contributed by atoms with van der Waals surface area (Å²) in [4.78, 5) is 25.1. The molecule has 4 rings (SSSR count). The van der Waals surface area contributed by atoms with E-state index < -0.39 is 0 Å². The van der Waals surface area contributed by atoms with Gasteiger partial charge in [-0.3, -0.25) is 4.99 Å². The van der Waals surface area contributed by atoms with Crippen LogP contribution in [-0.2, 0) is 0 Å². The maximum atomic E-state index is 4.73. The Morgan fingerprint density at radius 2 is 1.71 bits per heavy atom. The van der Waals surface area contributed by atoms with E-state index in [1.165, 1.54) is 11.3 Å². The number of rotatable bonds is 5. The summed E-state index contributed by atoms with van der Waals surface area (Å²) in [5.41, 5.74) is 3.49. The number of hydrogen-bond acceptors (Lipinski definition) is 8. The molecule has 0 spiro atoms. The van der Waals surface area contributed by atoms with E-state index in [-0.39, 0.29) is 0 Å². The van der Waals surface area contributed by atoms with Gasteiger partial charge in [-0.2, -0.15) is 15.0 Å². The predicted octanol–water partition coefficient (Wildman–Crippen LogP) is 2.63. The van der Waals surface area contributed by atoms with Crippen molar-refractivity contribution < 1.29 is 0 Å². The zero-order chi connectivity index (χ0) is 21.8. The summed E-state index contributed by atoms with van der Waals surface area (Å²) in [6.45, 7) is 6.56. The van der Waals surface area contributed by atoms with Crippen LogP contribution in [0.1, 0.15) is 18.3 Å². The molecule has 1 aromatic heterocycles. The number of likely N-dealkylation sites (N-methyl/N-ethyl adjacent to an activating group) is 1. The first-order chi connectivity index (χ1) is 15.0. The van der Waals surface area contributed by atoms with Crippen molar-refractivity contribution >= 4 is 35.6 Å². The van der Waals surface area contributed by atoms with Crippen LogP contribution in [0.5, 0.6) is 0 Å². The van der Waals surface area contributed by atoms with Gasteiger partial charge in [0.1, 0.15) is 5.84 Å². The number of hydrogen-bond donors (Lipinski definition) is 1. The standard InChI is InChI=1S/C23H30N8/c1-17-15-21(24-16-17)26-22-25-20(10-7-18-5-8-19(9-6-18)29(2)3)27-23(28-22)31-13-11-30(4)12-14-31/h5-10,15H,11-14,16H2,1-4H3,(H,24,25,26,27,28)/b10-7+. The van der Waals surface area contributed by atoms with Crippen molar-refractivity contribution in [2.24, 2.45) is 4.99 Å². The highest BCUT2D eigenvalue weighted by molar-refractivity contribution is 6.04. The van der Waals surface area contributed by atoms with Crippen LogP contribution in [0.25, 0.3) is 12.2 Å². The molecule has 0 bridgehead atoms. The molecule has 0 radical (unpaired) electrons. The third-order valence-electron chi connectivity index (χ3n) is 5.38. The Bertz CT molecular complexity index is 999. The molecule has 2 aliphatic heterocycles. The minimum atomic E-state index is 0.524. The van der Waals surface area contributed by atoms with Crippen LogP contribution >= 0.6 is 0 Å². The van der Waals surface area contributed by atoms with Crippen LogP contribution < -0.4 is 15.1 Å². The largest absolute Gasteiger partial charge is 0.378 e. The van der Waals surface area contributed by atoms with Crippen molar-refractivity contribution in [3.05, 3.63) is 47.3 Å². The van der Waals surface area contributed by atoms with Gasteiger partial charge in [0.15, 0.2) is 5.82 Å². The van der Waals surface area contributed by atoms with Gasteiger partial charge in [-0.15, -0.1) is 0 Å². The molecule has 162 valence electrons. The number of benzene rings is 1. The van der Waals surface area contributed by atoms with Gasteiger partial charge in [0.05, 0.1) is 6.54 Å². The number of piperazine rings is 1. The predicted molar refractivity (Wildman–Crippen MR) is 129 cm³/mol. The van der Waals surface area contributed by atoms with E-state index in [4.69, 9.17) is 4.98 Å². The van der Waals surface area contributed by atoms with Crippen LogP contribution in [0.4, 0.5) is 17.6 Å². The maximum absolute atomic E-state index is 4.73. The van der Waals surface area contributed by atoms with Gasteiger partial charge in [0.25, 0.3) is 0 Å². The first-order valence-electron chi connectivity index (χ1n) is 10.6. The second kappa shape index (κ2) is 9.26. The average molecular weight is 419 g/mol. The van der Waals surface area contributed by atoms with E-state index in [1.54, 1.807) is 0 Å². The Balaban J connectivity index is 1.59. The normalized spacial score (nSPS) is 17.1. The van der Waals surface area contributed by atoms with E-state index in [0.717, 1.165) is 37.6 Å².